The highest BCUT2D eigenvalue weighted by atomic mass is 32.2. The number of ether oxygens (including phenoxy) is 1. The summed E-state index contributed by atoms with van der Waals surface area (Å²) in [5, 5.41) is 3.28. The summed E-state index contributed by atoms with van der Waals surface area (Å²) in [5.74, 6) is 0. The molecule has 0 atom stereocenters. The van der Waals surface area contributed by atoms with Gasteiger partial charge in [0.1, 0.15) is 0 Å². The summed E-state index contributed by atoms with van der Waals surface area (Å²) in [6, 6.07) is 5.38. The second kappa shape index (κ2) is 5.11. The van der Waals surface area contributed by atoms with Gasteiger partial charge in [-0.2, -0.15) is 0 Å². The van der Waals surface area contributed by atoms with Crippen LogP contribution >= 0.6 is 0 Å². The molecule has 1 aliphatic rings. The van der Waals surface area contributed by atoms with E-state index in [4.69, 9.17) is 4.74 Å². The second-order valence-corrected chi connectivity index (χ2v) is 7.20. The van der Waals surface area contributed by atoms with E-state index >= 15 is 0 Å². The molecule has 0 amide bonds. The normalized spacial score (nSPS) is 17.8. The first-order chi connectivity index (χ1) is 8.86. The van der Waals surface area contributed by atoms with E-state index in [1.54, 1.807) is 13.0 Å². The predicted molar refractivity (Wildman–Crippen MR) is 74.8 cm³/mol. The molecule has 1 fully saturated rings. The summed E-state index contributed by atoms with van der Waals surface area (Å²) < 4.78 is 31.3. The zero-order chi connectivity index (χ0) is 14.1. The molecule has 0 aliphatic carbocycles. The Labute approximate surface area is 114 Å². The Hall–Kier alpha value is -1.11. The lowest BCUT2D eigenvalue weighted by Crippen LogP contribution is -2.45. The number of hydrogen-bond donors (Lipinski definition) is 2. The molecule has 6 heteroatoms. The van der Waals surface area contributed by atoms with Crippen molar-refractivity contribution in [3.8, 4) is 0 Å². The van der Waals surface area contributed by atoms with Gasteiger partial charge in [-0.25, -0.2) is 13.1 Å². The van der Waals surface area contributed by atoms with Crippen molar-refractivity contribution in [3.05, 3.63) is 23.8 Å². The van der Waals surface area contributed by atoms with Crippen LogP contribution in [0.2, 0.25) is 0 Å². The van der Waals surface area contributed by atoms with Crippen LogP contribution in [0.1, 0.15) is 12.5 Å². The molecule has 19 heavy (non-hydrogen) atoms. The third-order valence-corrected chi connectivity index (χ3v) is 4.92. The maximum absolute atomic E-state index is 11.9. The van der Waals surface area contributed by atoms with Gasteiger partial charge in [0.2, 0.25) is 10.0 Å². The number of rotatable bonds is 5. The first-order valence-electron chi connectivity index (χ1n) is 6.22. The monoisotopic (exact) mass is 284 g/mol. The first-order valence-corrected chi connectivity index (χ1v) is 7.70. The third kappa shape index (κ3) is 3.08. The lowest BCUT2D eigenvalue weighted by atomic mass is 9.89. The third-order valence-electron chi connectivity index (χ3n) is 3.37. The molecule has 1 aliphatic heterocycles. The van der Waals surface area contributed by atoms with E-state index in [9.17, 15) is 8.42 Å². The van der Waals surface area contributed by atoms with E-state index in [2.05, 4.69) is 17.0 Å². The van der Waals surface area contributed by atoms with E-state index in [-0.39, 0.29) is 5.41 Å². The van der Waals surface area contributed by atoms with Gasteiger partial charge in [0.05, 0.1) is 18.1 Å². The Morgan fingerprint density at radius 3 is 2.58 bits per heavy atom. The van der Waals surface area contributed by atoms with Crippen molar-refractivity contribution in [1.29, 1.82) is 0 Å². The summed E-state index contributed by atoms with van der Waals surface area (Å²) in [6.07, 6.45) is 0. The molecule has 1 saturated heterocycles. The quantitative estimate of drug-likeness (QED) is 0.856. The maximum atomic E-state index is 11.9. The van der Waals surface area contributed by atoms with Gasteiger partial charge in [-0.05, 0) is 31.7 Å². The van der Waals surface area contributed by atoms with Gasteiger partial charge < -0.3 is 10.1 Å². The van der Waals surface area contributed by atoms with E-state index in [0.29, 0.717) is 4.90 Å². The average Bonchev–Trinajstić information content (AvgIpc) is 2.35. The van der Waals surface area contributed by atoms with Crippen LogP contribution in [-0.4, -0.2) is 35.2 Å². The number of anilines is 1. The van der Waals surface area contributed by atoms with Crippen LogP contribution in [0, 0.1) is 12.3 Å². The molecule has 0 unspecified atom stereocenters. The van der Waals surface area contributed by atoms with Gasteiger partial charge in [0, 0.05) is 17.6 Å². The van der Waals surface area contributed by atoms with Crippen molar-refractivity contribution in [2.75, 3.05) is 32.1 Å². The minimum absolute atomic E-state index is 0.146. The summed E-state index contributed by atoms with van der Waals surface area (Å²) >= 11 is 0. The SMILES string of the molecule is CNS(=O)(=O)c1cc(NCC2(C)COC2)ccc1C. The van der Waals surface area contributed by atoms with Crippen LogP contribution in [0.5, 0.6) is 0 Å². The molecule has 2 rings (SSSR count). The Balaban J connectivity index is 2.17. The van der Waals surface area contributed by atoms with Gasteiger partial charge in [0.25, 0.3) is 0 Å². The van der Waals surface area contributed by atoms with Crippen molar-refractivity contribution in [3.63, 3.8) is 0 Å². The van der Waals surface area contributed by atoms with Crippen molar-refractivity contribution < 1.29 is 13.2 Å². The van der Waals surface area contributed by atoms with Crippen LogP contribution in [0.15, 0.2) is 23.1 Å². The number of nitrogens with one attached hydrogen (secondary N) is 2. The summed E-state index contributed by atoms with van der Waals surface area (Å²) in [4.78, 5) is 0.315. The largest absolute Gasteiger partial charge is 0.384 e. The van der Waals surface area contributed by atoms with Gasteiger partial charge in [-0.3, -0.25) is 0 Å². The predicted octanol–water partition coefficient (Wildman–Crippen LogP) is 1.35. The minimum Gasteiger partial charge on any atom is -0.384 e. The van der Waals surface area contributed by atoms with Crippen LogP contribution in [0.3, 0.4) is 0 Å². The molecule has 2 N–H and O–H groups in total. The topological polar surface area (TPSA) is 67.4 Å². The van der Waals surface area contributed by atoms with E-state index in [1.165, 1.54) is 7.05 Å². The Kier molecular flexibility index (Phi) is 3.85. The van der Waals surface area contributed by atoms with Gasteiger partial charge in [-0.1, -0.05) is 13.0 Å². The van der Waals surface area contributed by atoms with E-state index < -0.39 is 10.0 Å². The van der Waals surface area contributed by atoms with Crippen LogP contribution in [-0.2, 0) is 14.8 Å². The van der Waals surface area contributed by atoms with Gasteiger partial charge >= 0.3 is 0 Å². The first kappa shape index (κ1) is 14.3. The second-order valence-electron chi connectivity index (χ2n) is 5.34. The zero-order valence-electron chi connectivity index (χ0n) is 11.5. The fourth-order valence-corrected chi connectivity index (χ4v) is 2.97. The van der Waals surface area contributed by atoms with Crippen LogP contribution in [0.25, 0.3) is 0 Å². The van der Waals surface area contributed by atoms with Crippen molar-refractivity contribution >= 4 is 15.7 Å². The van der Waals surface area contributed by atoms with Crippen LogP contribution in [0.4, 0.5) is 5.69 Å². The maximum Gasteiger partial charge on any atom is 0.240 e. The average molecular weight is 284 g/mol. The molecule has 1 aromatic rings. The van der Waals surface area contributed by atoms with E-state index in [0.717, 1.165) is 31.0 Å². The smallest absolute Gasteiger partial charge is 0.240 e. The van der Waals surface area contributed by atoms with Crippen LogP contribution < -0.4 is 10.0 Å². The molecular weight excluding hydrogens is 264 g/mol. The zero-order valence-corrected chi connectivity index (χ0v) is 12.3. The molecule has 0 spiro atoms. The number of hydrogen-bond acceptors (Lipinski definition) is 4. The lowest BCUT2D eigenvalue weighted by molar-refractivity contribution is -0.0924. The van der Waals surface area contributed by atoms with Gasteiger partial charge in [0.15, 0.2) is 0 Å². The summed E-state index contributed by atoms with van der Waals surface area (Å²) in [6.45, 7) is 6.19. The highest BCUT2D eigenvalue weighted by molar-refractivity contribution is 7.89. The molecule has 0 saturated carbocycles. The molecule has 0 radical (unpaired) electrons. The highest BCUT2D eigenvalue weighted by Gasteiger charge is 2.33. The molecule has 106 valence electrons. The van der Waals surface area contributed by atoms with Crippen molar-refractivity contribution in [2.24, 2.45) is 5.41 Å². The minimum atomic E-state index is -3.41. The summed E-state index contributed by atoms with van der Waals surface area (Å²) in [5.41, 5.74) is 1.69. The Morgan fingerprint density at radius 2 is 2.05 bits per heavy atom. The van der Waals surface area contributed by atoms with Crippen molar-refractivity contribution in [2.45, 2.75) is 18.7 Å². The number of sulfonamides is 1. The Morgan fingerprint density at radius 1 is 1.37 bits per heavy atom. The Bertz CT molecular complexity index is 565. The molecular formula is C13H20N2O3S. The number of benzene rings is 1. The number of aryl methyl sites for hydroxylation is 1. The fourth-order valence-electron chi connectivity index (χ4n) is 1.98. The molecule has 1 heterocycles. The lowest BCUT2D eigenvalue weighted by Gasteiger charge is -2.38. The van der Waals surface area contributed by atoms with Gasteiger partial charge in [-0.15, -0.1) is 0 Å². The highest BCUT2D eigenvalue weighted by Crippen LogP contribution is 2.27. The van der Waals surface area contributed by atoms with E-state index in [1.807, 2.05) is 12.1 Å². The standard InChI is InChI=1S/C13H20N2O3S/c1-10-4-5-11(6-12(10)19(16,17)14-3)15-7-13(2)8-18-9-13/h4-6,14-15H,7-9H2,1-3H3. The molecule has 1 aromatic carbocycles. The molecule has 5 nitrogen and oxygen atoms in total. The fraction of sp³-hybridized carbons (Fsp3) is 0.538. The summed E-state index contributed by atoms with van der Waals surface area (Å²) in [7, 11) is -1.99. The molecule has 0 bridgehead atoms. The van der Waals surface area contributed by atoms with Crippen molar-refractivity contribution in [1.82, 2.24) is 4.72 Å². The molecule has 0 aromatic heterocycles.